The number of amides is 1. The molecule has 2 nitrogen and oxygen atoms in total. The van der Waals surface area contributed by atoms with Gasteiger partial charge in [-0.15, -0.1) is 11.6 Å². The lowest BCUT2D eigenvalue weighted by atomic mass is 10.1. The van der Waals surface area contributed by atoms with Gasteiger partial charge in [-0.2, -0.15) is 0 Å². The van der Waals surface area contributed by atoms with E-state index in [1.54, 1.807) is 12.1 Å². The Kier molecular flexibility index (Phi) is 4.99. The van der Waals surface area contributed by atoms with E-state index in [1.807, 2.05) is 12.1 Å². The van der Waals surface area contributed by atoms with Gasteiger partial charge in [-0.3, -0.25) is 4.79 Å². The molecule has 0 radical (unpaired) electrons. The molecule has 104 valence electrons. The Morgan fingerprint density at radius 2 is 1.85 bits per heavy atom. The number of benzene rings is 2. The molecule has 0 atom stereocenters. The zero-order valence-electron chi connectivity index (χ0n) is 10.5. The second-order valence-corrected chi connectivity index (χ2v) is 4.98. The SMILES string of the molecule is O=C(Nc1ccc(CCCl)cc1)c1cccc(Cl)c1F. The summed E-state index contributed by atoms with van der Waals surface area (Å²) < 4.78 is 13.7. The number of carbonyl (C=O) groups is 1. The molecule has 0 aliphatic rings. The van der Waals surface area contributed by atoms with Crippen molar-refractivity contribution in [3.63, 3.8) is 0 Å². The van der Waals surface area contributed by atoms with Crippen molar-refractivity contribution in [3.8, 4) is 0 Å². The van der Waals surface area contributed by atoms with Crippen molar-refractivity contribution >= 4 is 34.8 Å². The van der Waals surface area contributed by atoms with Crippen molar-refractivity contribution in [3.05, 3.63) is 64.4 Å². The predicted molar refractivity (Wildman–Crippen MR) is 80.2 cm³/mol. The molecule has 20 heavy (non-hydrogen) atoms. The highest BCUT2D eigenvalue weighted by molar-refractivity contribution is 6.31. The van der Waals surface area contributed by atoms with Crippen LogP contribution in [0.4, 0.5) is 10.1 Å². The van der Waals surface area contributed by atoms with Gasteiger partial charge in [-0.25, -0.2) is 4.39 Å². The predicted octanol–water partition coefficient (Wildman–Crippen LogP) is 4.51. The summed E-state index contributed by atoms with van der Waals surface area (Å²) in [6, 6.07) is 11.6. The second-order valence-electron chi connectivity index (χ2n) is 4.19. The summed E-state index contributed by atoms with van der Waals surface area (Å²) in [5, 5.41) is 2.55. The van der Waals surface area contributed by atoms with Crippen molar-refractivity contribution in [1.82, 2.24) is 0 Å². The standard InChI is InChI=1S/C15H12Cl2FNO/c16-9-8-10-4-6-11(7-5-10)19-15(20)12-2-1-3-13(17)14(12)18/h1-7H,8-9H2,(H,19,20). The van der Waals surface area contributed by atoms with Gasteiger partial charge in [0.15, 0.2) is 5.82 Å². The van der Waals surface area contributed by atoms with Crippen LogP contribution in [0.5, 0.6) is 0 Å². The van der Waals surface area contributed by atoms with Crippen molar-refractivity contribution < 1.29 is 9.18 Å². The second kappa shape index (κ2) is 6.73. The van der Waals surface area contributed by atoms with E-state index in [2.05, 4.69) is 5.32 Å². The summed E-state index contributed by atoms with van der Waals surface area (Å²) in [7, 11) is 0. The van der Waals surface area contributed by atoms with Gasteiger partial charge in [-0.1, -0.05) is 29.8 Å². The number of hydrogen-bond acceptors (Lipinski definition) is 1. The molecule has 0 aromatic heterocycles. The molecule has 0 aliphatic heterocycles. The number of nitrogens with one attached hydrogen (secondary N) is 1. The van der Waals surface area contributed by atoms with Crippen LogP contribution in [0.3, 0.4) is 0 Å². The molecule has 2 rings (SSSR count). The first-order valence-electron chi connectivity index (χ1n) is 6.02. The van der Waals surface area contributed by atoms with Crippen LogP contribution in [-0.2, 0) is 6.42 Å². The van der Waals surface area contributed by atoms with Crippen LogP contribution in [0.2, 0.25) is 5.02 Å². The average molecular weight is 312 g/mol. The normalized spacial score (nSPS) is 10.3. The van der Waals surface area contributed by atoms with Crippen LogP contribution in [0.25, 0.3) is 0 Å². The van der Waals surface area contributed by atoms with Gasteiger partial charge in [-0.05, 0) is 36.2 Å². The van der Waals surface area contributed by atoms with Crippen molar-refractivity contribution in [2.24, 2.45) is 0 Å². The fraction of sp³-hybridized carbons (Fsp3) is 0.133. The summed E-state index contributed by atoms with van der Waals surface area (Å²) in [4.78, 5) is 12.0. The number of anilines is 1. The lowest BCUT2D eigenvalue weighted by Crippen LogP contribution is -2.13. The minimum absolute atomic E-state index is 0.0740. The summed E-state index contributed by atoms with van der Waals surface area (Å²) in [5.41, 5.74) is 1.59. The van der Waals surface area contributed by atoms with Gasteiger partial charge in [0.1, 0.15) is 0 Å². The summed E-state index contributed by atoms with van der Waals surface area (Å²) >= 11 is 11.3. The zero-order valence-corrected chi connectivity index (χ0v) is 12.0. The molecule has 0 fully saturated rings. The van der Waals surface area contributed by atoms with Crippen LogP contribution in [-0.4, -0.2) is 11.8 Å². The van der Waals surface area contributed by atoms with Crippen molar-refractivity contribution in [2.45, 2.75) is 6.42 Å². The number of rotatable bonds is 4. The van der Waals surface area contributed by atoms with E-state index in [-0.39, 0.29) is 10.6 Å². The quantitative estimate of drug-likeness (QED) is 0.827. The largest absolute Gasteiger partial charge is 0.322 e. The first-order valence-corrected chi connectivity index (χ1v) is 6.93. The highest BCUT2D eigenvalue weighted by atomic mass is 35.5. The summed E-state index contributed by atoms with van der Waals surface area (Å²) in [5.74, 6) is -0.708. The number of alkyl halides is 1. The molecule has 0 bridgehead atoms. The Hall–Kier alpha value is -1.58. The monoisotopic (exact) mass is 311 g/mol. The molecule has 1 amide bonds. The molecule has 0 unspecified atom stereocenters. The summed E-state index contributed by atoms with van der Waals surface area (Å²) in [6.07, 6.45) is 0.763. The maximum absolute atomic E-state index is 13.7. The van der Waals surface area contributed by atoms with Crippen molar-refractivity contribution in [1.29, 1.82) is 0 Å². The Morgan fingerprint density at radius 3 is 2.50 bits per heavy atom. The first-order chi connectivity index (χ1) is 9.61. The highest BCUT2D eigenvalue weighted by Crippen LogP contribution is 2.19. The molecule has 0 aliphatic carbocycles. The lowest BCUT2D eigenvalue weighted by Gasteiger charge is -2.07. The third-order valence-corrected chi connectivity index (χ3v) is 3.27. The van der Waals surface area contributed by atoms with Crippen LogP contribution in [0, 0.1) is 5.82 Å². The van der Waals surface area contributed by atoms with E-state index in [1.165, 1.54) is 18.2 Å². The summed E-state index contributed by atoms with van der Waals surface area (Å²) in [6.45, 7) is 0. The van der Waals surface area contributed by atoms with Crippen LogP contribution >= 0.6 is 23.2 Å². The molecule has 0 saturated heterocycles. The zero-order chi connectivity index (χ0) is 14.5. The molecular weight excluding hydrogens is 300 g/mol. The van der Waals surface area contributed by atoms with E-state index >= 15 is 0 Å². The minimum atomic E-state index is -0.717. The first kappa shape index (κ1) is 14.8. The van der Waals surface area contributed by atoms with Gasteiger partial charge < -0.3 is 5.32 Å². The smallest absolute Gasteiger partial charge is 0.258 e. The van der Waals surface area contributed by atoms with Gasteiger partial charge >= 0.3 is 0 Å². The fourth-order valence-electron chi connectivity index (χ4n) is 1.74. The third-order valence-electron chi connectivity index (χ3n) is 2.79. The Morgan fingerprint density at radius 1 is 1.15 bits per heavy atom. The Bertz CT molecular complexity index is 614. The third kappa shape index (κ3) is 3.50. The molecule has 2 aromatic carbocycles. The van der Waals surface area contributed by atoms with Gasteiger partial charge in [0.25, 0.3) is 5.91 Å². The molecule has 0 saturated carbocycles. The van der Waals surface area contributed by atoms with Crippen LogP contribution < -0.4 is 5.32 Å². The van der Waals surface area contributed by atoms with E-state index in [9.17, 15) is 9.18 Å². The molecular formula is C15H12Cl2FNO. The Balaban J connectivity index is 2.13. The van der Waals surface area contributed by atoms with E-state index in [0.717, 1.165) is 12.0 Å². The van der Waals surface area contributed by atoms with Gasteiger partial charge in [0.2, 0.25) is 0 Å². The number of hydrogen-bond donors (Lipinski definition) is 1. The molecule has 0 spiro atoms. The van der Waals surface area contributed by atoms with Crippen molar-refractivity contribution in [2.75, 3.05) is 11.2 Å². The number of halogens is 3. The molecule has 5 heteroatoms. The lowest BCUT2D eigenvalue weighted by molar-refractivity contribution is 0.102. The van der Waals surface area contributed by atoms with Gasteiger partial charge in [0.05, 0.1) is 10.6 Å². The molecule has 2 aromatic rings. The maximum Gasteiger partial charge on any atom is 0.258 e. The highest BCUT2D eigenvalue weighted by Gasteiger charge is 2.14. The minimum Gasteiger partial charge on any atom is -0.322 e. The number of carbonyl (C=O) groups excluding carboxylic acids is 1. The van der Waals surface area contributed by atoms with E-state index in [0.29, 0.717) is 11.6 Å². The van der Waals surface area contributed by atoms with Crippen LogP contribution in [0.15, 0.2) is 42.5 Å². The molecule has 0 heterocycles. The number of aryl methyl sites for hydroxylation is 1. The van der Waals surface area contributed by atoms with E-state index < -0.39 is 11.7 Å². The topological polar surface area (TPSA) is 29.1 Å². The van der Waals surface area contributed by atoms with Gasteiger partial charge in [0, 0.05) is 11.6 Å². The maximum atomic E-state index is 13.7. The molecule has 1 N–H and O–H groups in total. The van der Waals surface area contributed by atoms with Crippen LogP contribution in [0.1, 0.15) is 15.9 Å². The Labute approximate surface area is 126 Å². The van der Waals surface area contributed by atoms with E-state index in [4.69, 9.17) is 23.2 Å². The average Bonchev–Trinajstić information content (AvgIpc) is 2.44. The fourth-order valence-corrected chi connectivity index (χ4v) is 2.13.